The summed E-state index contributed by atoms with van der Waals surface area (Å²) < 4.78 is 7.98. The largest absolute Gasteiger partial charge is 0.361 e. The Bertz CT molecular complexity index is 634. The molecule has 2 aromatic heterocycles. The van der Waals surface area contributed by atoms with Gasteiger partial charge in [-0.1, -0.05) is 38.2 Å². The lowest BCUT2D eigenvalue weighted by Gasteiger charge is -2.16. The van der Waals surface area contributed by atoms with E-state index in [-0.39, 0.29) is 0 Å². The van der Waals surface area contributed by atoms with Gasteiger partial charge >= 0.3 is 0 Å². The molecule has 0 aliphatic heterocycles. The SMILES string of the molecule is CCc1c(C)n(COCC[Si](C)(C)C)c2ncnc(Cl)c12. The lowest BCUT2D eigenvalue weighted by molar-refractivity contribution is 0.0885. The van der Waals surface area contributed by atoms with Gasteiger partial charge in [-0.15, -0.1) is 0 Å². The van der Waals surface area contributed by atoms with E-state index in [9.17, 15) is 0 Å². The molecule has 0 unspecified atom stereocenters. The summed E-state index contributed by atoms with van der Waals surface area (Å²) in [7, 11) is -1.05. The van der Waals surface area contributed by atoms with Crippen LogP contribution < -0.4 is 0 Å². The number of aromatic nitrogens is 3. The van der Waals surface area contributed by atoms with Gasteiger partial charge in [-0.25, -0.2) is 9.97 Å². The summed E-state index contributed by atoms with van der Waals surface area (Å²) in [6.45, 7) is 12.6. The van der Waals surface area contributed by atoms with Crippen LogP contribution in [0.1, 0.15) is 18.2 Å². The van der Waals surface area contributed by atoms with Gasteiger partial charge < -0.3 is 9.30 Å². The molecule has 0 saturated carbocycles. The molecule has 0 aliphatic rings. The van der Waals surface area contributed by atoms with Crippen LogP contribution in [0, 0.1) is 6.92 Å². The number of hydrogen-bond donors (Lipinski definition) is 0. The summed E-state index contributed by atoms with van der Waals surface area (Å²) in [5.74, 6) is 0. The van der Waals surface area contributed by atoms with Crippen molar-refractivity contribution in [2.24, 2.45) is 0 Å². The van der Waals surface area contributed by atoms with Crippen molar-refractivity contribution in [3.8, 4) is 0 Å². The maximum atomic E-state index is 6.25. The number of aryl methyl sites for hydroxylation is 1. The normalized spacial score (nSPS) is 12.3. The van der Waals surface area contributed by atoms with Crippen molar-refractivity contribution < 1.29 is 4.74 Å². The summed E-state index contributed by atoms with van der Waals surface area (Å²) in [5.41, 5.74) is 3.25. The van der Waals surface area contributed by atoms with Gasteiger partial charge in [-0.2, -0.15) is 0 Å². The van der Waals surface area contributed by atoms with Gasteiger partial charge in [0.25, 0.3) is 0 Å². The molecule has 6 heteroatoms. The number of fused-ring (bicyclic) bond motifs is 1. The zero-order valence-corrected chi connectivity index (χ0v) is 15.3. The van der Waals surface area contributed by atoms with Crippen LogP contribution in [0.2, 0.25) is 30.8 Å². The lowest BCUT2D eigenvalue weighted by Crippen LogP contribution is -2.22. The topological polar surface area (TPSA) is 39.9 Å². The van der Waals surface area contributed by atoms with Crippen LogP contribution in [-0.4, -0.2) is 29.2 Å². The molecule has 0 N–H and O–H groups in total. The van der Waals surface area contributed by atoms with Gasteiger partial charge in [-0.3, -0.25) is 0 Å². The molecule has 0 radical (unpaired) electrons. The quantitative estimate of drug-likeness (QED) is 0.452. The highest BCUT2D eigenvalue weighted by atomic mass is 35.5. The monoisotopic (exact) mass is 325 g/mol. The third kappa shape index (κ3) is 3.65. The average Bonchev–Trinajstić information content (AvgIpc) is 2.67. The predicted octanol–water partition coefficient (Wildman–Crippen LogP) is 4.27. The Kier molecular flexibility index (Phi) is 5.06. The number of hydrogen-bond acceptors (Lipinski definition) is 3. The zero-order chi connectivity index (χ0) is 15.6. The van der Waals surface area contributed by atoms with Crippen molar-refractivity contribution >= 4 is 30.7 Å². The van der Waals surface area contributed by atoms with Crippen LogP contribution in [0.5, 0.6) is 0 Å². The third-order valence-corrected chi connectivity index (χ3v) is 5.74. The van der Waals surface area contributed by atoms with Crippen molar-refractivity contribution in [2.75, 3.05) is 6.61 Å². The van der Waals surface area contributed by atoms with E-state index in [0.29, 0.717) is 11.9 Å². The summed E-state index contributed by atoms with van der Waals surface area (Å²) in [6.07, 6.45) is 2.43. The molecule has 2 rings (SSSR count). The molecule has 0 amide bonds. The molecule has 0 saturated heterocycles. The van der Waals surface area contributed by atoms with E-state index in [4.69, 9.17) is 16.3 Å². The molecule has 4 nitrogen and oxygen atoms in total. The molecule has 2 aromatic rings. The summed E-state index contributed by atoms with van der Waals surface area (Å²) in [5, 5.41) is 1.49. The van der Waals surface area contributed by atoms with E-state index >= 15 is 0 Å². The number of ether oxygens (including phenoxy) is 1. The lowest BCUT2D eigenvalue weighted by atomic mass is 10.1. The zero-order valence-electron chi connectivity index (χ0n) is 13.5. The minimum absolute atomic E-state index is 0.528. The van der Waals surface area contributed by atoms with Crippen LogP contribution in [0.4, 0.5) is 0 Å². The number of rotatable bonds is 6. The van der Waals surface area contributed by atoms with Crippen molar-refractivity contribution in [2.45, 2.75) is 52.7 Å². The van der Waals surface area contributed by atoms with Crippen molar-refractivity contribution in [1.29, 1.82) is 0 Å². The minimum Gasteiger partial charge on any atom is -0.361 e. The molecule has 116 valence electrons. The van der Waals surface area contributed by atoms with Gasteiger partial charge in [0, 0.05) is 20.4 Å². The van der Waals surface area contributed by atoms with E-state index in [0.717, 1.165) is 24.1 Å². The maximum Gasteiger partial charge on any atom is 0.147 e. The minimum atomic E-state index is -1.05. The van der Waals surface area contributed by atoms with Crippen molar-refractivity contribution in [3.63, 3.8) is 0 Å². The van der Waals surface area contributed by atoms with Crippen LogP contribution in [0.3, 0.4) is 0 Å². The van der Waals surface area contributed by atoms with Gasteiger partial charge in [0.15, 0.2) is 0 Å². The van der Waals surface area contributed by atoms with Gasteiger partial charge in [0.05, 0.1) is 5.39 Å². The second kappa shape index (κ2) is 6.46. The van der Waals surface area contributed by atoms with Crippen LogP contribution in [0.15, 0.2) is 6.33 Å². The fourth-order valence-corrected chi connectivity index (χ4v) is 3.45. The van der Waals surface area contributed by atoms with Crippen LogP contribution in [0.25, 0.3) is 11.0 Å². The van der Waals surface area contributed by atoms with E-state index in [1.807, 2.05) is 0 Å². The third-order valence-electron chi connectivity index (χ3n) is 3.75. The maximum absolute atomic E-state index is 6.25. The molecule has 0 aromatic carbocycles. The summed E-state index contributed by atoms with van der Waals surface area (Å²) >= 11 is 6.25. The number of halogens is 1. The molecule has 0 bridgehead atoms. The summed E-state index contributed by atoms with van der Waals surface area (Å²) in [6, 6.07) is 1.17. The Morgan fingerprint density at radius 3 is 2.62 bits per heavy atom. The second-order valence-corrected chi connectivity index (χ2v) is 12.5. The highest BCUT2D eigenvalue weighted by Gasteiger charge is 2.17. The smallest absolute Gasteiger partial charge is 0.147 e. The Morgan fingerprint density at radius 1 is 1.29 bits per heavy atom. The van der Waals surface area contributed by atoms with Crippen molar-refractivity contribution in [3.05, 3.63) is 22.7 Å². The Hall–Kier alpha value is -0.913. The Balaban J connectivity index is 2.24. The second-order valence-electron chi connectivity index (χ2n) is 6.56. The standard InChI is InChI=1S/C15H24ClN3OSi/c1-6-12-11(2)19(10-20-7-8-21(3,4)5)15-13(12)14(16)17-9-18-15/h9H,6-8,10H2,1-5H3. The molecule has 0 atom stereocenters. The molecule has 0 fully saturated rings. The first-order valence-corrected chi connectivity index (χ1v) is 11.5. The highest BCUT2D eigenvalue weighted by molar-refractivity contribution is 6.76. The molecule has 2 heterocycles. The highest BCUT2D eigenvalue weighted by Crippen LogP contribution is 2.29. The predicted molar refractivity (Wildman–Crippen MR) is 90.8 cm³/mol. The fraction of sp³-hybridized carbons (Fsp3) is 0.600. The first-order valence-electron chi connectivity index (χ1n) is 7.41. The molecule has 0 aliphatic carbocycles. The van der Waals surface area contributed by atoms with E-state index in [1.165, 1.54) is 23.6 Å². The van der Waals surface area contributed by atoms with Gasteiger partial charge in [0.1, 0.15) is 23.9 Å². The Morgan fingerprint density at radius 2 is 2.00 bits per heavy atom. The van der Waals surface area contributed by atoms with Gasteiger partial charge in [-0.05, 0) is 25.0 Å². The molecule has 21 heavy (non-hydrogen) atoms. The first kappa shape index (κ1) is 16.5. The first-order chi connectivity index (χ1) is 9.85. The fourth-order valence-electron chi connectivity index (χ4n) is 2.45. The van der Waals surface area contributed by atoms with Crippen LogP contribution >= 0.6 is 11.6 Å². The molecule has 0 spiro atoms. The summed E-state index contributed by atoms with van der Waals surface area (Å²) in [4.78, 5) is 8.50. The molecular weight excluding hydrogens is 302 g/mol. The van der Waals surface area contributed by atoms with E-state index in [1.54, 1.807) is 0 Å². The average molecular weight is 326 g/mol. The number of nitrogens with zero attached hydrogens (tertiary/aromatic N) is 3. The van der Waals surface area contributed by atoms with Gasteiger partial charge in [0.2, 0.25) is 0 Å². The molecular formula is C15H24ClN3OSi. The van der Waals surface area contributed by atoms with Crippen molar-refractivity contribution in [1.82, 2.24) is 14.5 Å². The Labute approximate surface area is 132 Å². The van der Waals surface area contributed by atoms with E-state index < -0.39 is 8.07 Å². The van der Waals surface area contributed by atoms with Crippen LogP contribution in [-0.2, 0) is 17.9 Å². The van der Waals surface area contributed by atoms with E-state index in [2.05, 4.69) is 48.0 Å².